The molecule has 0 saturated carbocycles. The Bertz CT molecular complexity index is 1490. The van der Waals surface area contributed by atoms with Gasteiger partial charge in [0.15, 0.2) is 0 Å². The van der Waals surface area contributed by atoms with E-state index in [1.54, 1.807) is 6.07 Å². The van der Waals surface area contributed by atoms with Crippen molar-refractivity contribution < 1.29 is 9.53 Å². The molecule has 0 atom stereocenters. The second kappa shape index (κ2) is 14.6. The van der Waals surface area contributed by atoms with Gasteiger partial charge in [-0.2, -0.15) is 0 Å². The van der Waals surface area contributed by atoms with Gasteiger partial charge in [-0.25, -0.2) is 4.57 Å². The van der Waals surface area contributed by atoms with E-state index in [1.165, 1.54) is 45.7 Å². The Morgan fingerprint density at radius 3 is 2.54 bits per heavy atom. The minimum Gasteiger partial charge on any atom is -0.494 e. The molecule has 0 N–H and O–H groups in total. The Kier molecular flexibility index (Phi) is 10.5. The number of aromatic nitrogens is 1. The summed E-state index contributed by atoms with van der Waals surface area (Å²) >= 11 is 1.81. The fourth-order valence-corrected chi connectivity index (χ4v) is 6.63. The molecule has 2 aromatic heterocycles. The third kappa shape index (κ3) is 7.57. The number of fused-ring (bicyclic) bond motifs is 2. The van der Waals surface area contributed by atoms with Gasteiger partial charge in [0.1, 0.15) is 5.75 Å². The van der Waals surface area contributed by atoms with Crippen LogP contribution in [0.3, 0.4) is 0 Å². The van der Waals surface area contributed by atoms with Crippen LogP contribution in [0, 0.1) is 0 Å². The molecule has 1 aliphatic rings. The molecule has 1 aliphatic heterocycles. The van der Waals surface area contributed by atoms with Crippen LogP contribution in [0.5, 0.6) is 5.75 Å². The first-order chi connectivity index (χ1) is 20.1. The van der Waals surface area contributed by atoms with Crippen LogP contribution >= 0.6 is 11.3 Å². The Labute approximate surface area is 247 Å². The predicted octanol–water partition coefficient (Wildman–Crippen LogP) is 7.59. The molecule has 1 fully saturated rings. The quantitative estimate of drug-likeness (QED) is 0.146. The lowest BCUT2D eigenvalue weighted by molar-refractivity contribution is 0.0900. The zero-order valence-electron chi connectivity index (χ0n) is 24.4. The van der Waals surface area contributed by atoms with Gasteiger partial charge in [-0.15, -0.1) is 11.3 Å². The number of piperazine rings is 1. The molecule has 0 spiro atoms. The van der Waals surface area contributed by atoms with Gasteiger partial charge in [0.25, 0.3) is 5.56 Å². The van der Waals surface area contributed by atoms with Crippen molar-refractivity contribution in [1.82, 2.24) is 9.47 Å². The van der Waals surface area contributed by atoms with Gasteiger partial charge >= 0.3 is 0 Å². The van der Waals surface area contributed by atoms with Gasteiger partial charge in [-0.1, -0.05) is 45.1 Å². The molecule has 4 aromatic rings. The Hall–Kier alpha value is -3.16. The molecular formula is C34H43N3O3S. The third-order valence-electron chi connectivity index (χ3n) is 8.19. The molecule has 0 aliphatic carbocycles. The predicted molar refractivity (Wildman–Crippen MR) is 172 cm³/mol. The van der Waals surface area contributed by atoms with Crippen molar-refractivity contribution >= 4 is 43.9 Å². The van der Waals surface area contributed by atoms with E-state index < -0.39 is 0 Å². The molecule has 2 aromatic carbocycles. The van der Waals surface area contributed by atoms with Crippen LogP contribution in [0.2, 0.25) is 0 Å². The van der Waals surface area contributed by atoms with Crippen molar-refractivity contribution in [2.45, 2.75) is 64.7 Å². The third-order valence-corrected chi connectivity index (χ3v) is 9.07. The standard InChI is InChI=1S/C34H43N3O3S/c1-2-3-4-5-6-7-13-33(38)37-31-26-28(16-14-27(31)15-17-34(37)39)40-24-9-8-19-35-20-22-36(23-21-35)30-11-10-12-32-29(30)18-25-41-32/h10-12,14-18,25-26H,2-9,13,19-24H2,1H3. The van der Waals surface area contributed by atoms with Gasteiger partial charge in [-0.3, -0.25) is 14.5 Å². The van der Waals surface area contributed by atoms with E-state index in [0.717, 1.165) is 70.2 Å². The smallest absolute Gasteiger partial charge is 0.257 e. The van der Waals surface area contributed by atoms with E-state index >= 15 is 0 Å². The van der Waals surface area contributed by atoms with E-state index in [4.69, 9.17) is 4.74 Å². The lowest BCUT2D eigenvalue weighted by Gasteiger charge is -2.36. The zero-order valence-corrected chi connectivity index (χ0v) is 25.2. The number of hydrogen-bond acceptors (Lipinski definition) is 6. The lowest BCUT2D eigenvalue weighted by Crippen LogP contribution is -2.46. The SMILES string of the molecule is CCCCCCCCC(=O)n1c(=O)ccc2ccc(OCCCCN3CCN(c4cccc5sccc45)CC3)cc21. The summed E-state index contributed by atoms with van der Waals surface area (Å²) in [6.45, 7) is 8.17. The van der Waals surface area contributed by atoms with Crippen molar-refractivity contribution in [1.29, 1.82) is 0 Å². The summed E-state index contributed by atoms with van der Waals surface area (Å²) < 4.78 is 8.77. The minimum absolute atomic E-state index is 0.125. The number of pyridine rings is 1. The zero-order chi connectivity index (χ0) is 28.4. The van der Waals surface area contributed by atoms with Gasteiger partial charge in [0, 0.05) is 60.5 Å². The van der Waals surface area contributed by atoms with Crippen LogP contribution in [-0.2, 0) is 0 Å². The number of rotatable bonds is 14. The number of anilines is 1. The Morgan fingerprint density at radius 1 is 0.878 bits per heavy atom. The monoisotopic (exact) mass is 573 g/mol. The first-order valence-electron chi connectivity index (χ1n) is 15.4. The van der Waals surface area contributed by atoms with E-state index in [0.29, 0.717) is 24.3 Å². The molecule has 0 amide bonds. The maximum Gasteiger partial charge on any atom is 0.257 e. The summed E-state index contributed by atoms with van der Waals surface area (Å²) in [4.78, 5) is 30.7. The van der Waals surface area contributed by atoms with Crippen molar-refractivity contribution in [3.8, 4) is 5.75 Å². The highest BCUT2D eigenvalue weighted by atomic mass is 32.1. The number of nitrogens with zero attached hydrogens (tertiary/aromatic N) is 3. The maximum absolute atomic E-state index is 13.0. The number of carbonyl (C=O) groups is 1. The number of thiophene rings is 1. The van der Waals surface area contributed by atoms with Crippen molar-refractivity contribution in [3.05, 3.63) is 70.3 Å². The number of carbonyl (C=O) groups excluding carboxylic acids is 1. The molecule has 7 heteroatoms. The summed E-state index contributed by atoms with van der Waals surface area (Å²) in [5, 5.41) is 4.43. The summed E-state index contributed by atoms with van der Waals surface area (Å²) in [5.41, 5.74) is 1.74. The van der Waals surface area contributed by atoms with Gasteiger partial charge in [0.2, 0.25) is 5.91 Å². The Balaban J connectivity index is 1.07. The Morgan fingerprint density at radius 2 is 1.68 bits per heavy atom. The number of ether oxygens (including phenoxy) is 1. The number of unbranched alkanes of at least 4 members (excludes halogenated alkanes) is 6. The van der Waals surface area contributed by atoms with Crippen molar-refractivity contribution in [3.63, 3.8) is 0 Å². The van der Waals surface area contributed by atoms with Crippen LogP contribution in [0.4, 0.5) is 5.69 Å². The lowest BCUT2D eigenvalue weighted by atomic mass is 10.1. The molecule has 3 heterocycles. The van der Waals surface area contributed by atoms with Crippen LogP contribution in [-0.4, -0.2) is 54.7 Å². The fraction of sp³-hybridized carbons (Fsp3) is 0.471. The van der Waals surface area contributed by atoms with Gasteiger partial charge in [-0.05, 0) is 73.0 Å². The van der Waals surface area contributed by atoms with Crippen LogP contribution in [0.15, 0.2) is 64.8 Å². The highest BCUT2D eigenvalue weighted by Crippen LogP contribution is 2.31. The summed E-state index contributed by atoms with van der Waals surface area (Å²) in [6, 6.07) is 17.9. The highest BCUT2D eigenvalue weighted by molar-refractivity contribution is 7.17. The van der Waals surface area contributed by atoms with Gasteiger partial charge < -0.3 is 9.64 Å². The average molecular weight is 574 g/mol. The maximum atomic E-state index is 13.0. The van der Waals surface area contributed by atoms with E-state index in [1.807, 2.05) is 29.5 Å². The largest absolute Gasteiger partial charge is 0.494 e. The van der Waals surface area contributed by atoms with Crippen LogP contribution in [0.25, 0.3) is 21.0 Å². The molecule has 0 bridgehead atoms. The average Bonchev–Trinajstić information content (AvgIpc) is 3.48. The second-order valence-corrected chi connectivity index (χ2v) is 12.1. The molecule has 0 radical (unpaired) electrons. The molecule has 5 rings (SSSR count). The first kappa shape index (κ1) is 29.3. The van der Waals surface area contributed by atoms with Gasteiger partial charge in [0.05, 0.1) is 12.1 Å². The molecule has 41 heavy (non-hydrogen) atoms. The highest BCUT2D eigenvalue weighted by Gasteiger charge is 2.18. The van der Waals surface area contributed by atoms with Crippen molar-refractivity contribution in [2.24, 2.45) is 0 Å². The van der Waals surface area contributed by atoms with Crippen molar-refractivity contribution in [2.75, 3.05) is 44.2 Å². The molecule has 6 nitrogen and oxygen atoms in total. The van der Waals surface area contributed by atoms with Crippen LogP contribution in [0.1, 0.15) is 69.5 Å². The van der Waals surface area contributed by atoms with E-state index in [-0.39, 0.29) is 11.5 Å². The molecule has 218 valence electrons. The molecule has 1 saturated heterocycles. The number of benzene rings is 2. The minimum atomic E-state index is -0.266. The molecular weight excluding hydrogens is 530 g/mol. The fourth-order valence-electron chi connectivity index (χ4n) is 5.82. The molecule has 0 unspecified atom stereocenters. The summed E-state index contributed by atoms with van der Waals surface area (Å²) in [7, 11) is 0. The first-order valence-corrected chi connectivity index (χ1v) is 16.3. The number of hydrogen-bond donors (Lipinski definition) is 0. The summed E-state index contributed by atoms with van der Waals surface area (Å²) in [5.74, 6) is 0.584. The van der Waals surface area contributed by atoms with E-state index in [2.05, 4.69) is 46.4 Å². The topological polar surface area (TPSA) is 54.8 Å². The van der Waals surface area contributed by atoms with Crippen LogP contribution < -0.4 is 15.2 Å². The normalized spacial score (nSPS) is 14.2. The second-order valence-electron chi connectivity index (χ2n) is 11.1. The summed E-state index contributed by atoms with van der Waals surface area (Å²) in [6.07, 6.45) is 9.09. The van der Waals surface area contributed by atoms with E-state index in [9.17, 15) is 9.59 Å².